The Kier molecular flexibility index (Phi) is 10.3. The van der Waals surface area contributed by atoms with Gasteiger partial charge in [0.25, 0.3) is 11.1 Å². The Morgan fingerprint density at radius 3 is 2.86 bits per heavy atom. The fourth-order valence-electron chi connectivity index (χ4n) is 3.32. The maximum atomic E-state index is 13.4. The molecule has 12 heteroatoms. The van der Waals surface area contributed by atoms with E-state index >= 15 is 0 Å². The lowest BCUT2D eigenvalue weighted by Crippen LogP contribution is -2.15. The van der Waals surface area contributed by atoms with E-state index in [1.165, 1.54) is 6.07 Å². The van der Waals surface area contributed by atoms with Gasteiger partial charge in [0.05, 0.1) is 19.4 Å². The van der Waals surface area contributed by atoms with Gasteiger partial charge in [0, 0.05) is 23.7 Å². The summed E-state index contributed by atoms with van der Waals surface area (Å²) in [5.74, 6) is -0.432. The van der Waals surface area contributed by atoms with E-state index in [-0.39, 0.29) is 27.2 Å². The van der Waals surface area contributed by atoms with Crippen LogP contribution in [0.3, 0.4) is 0 Å². The number of pyridine rings is 1. The van der Waals surface area contributed by atoms with E-state index in [1.807, 2.05) is 20.8 Å². The van der Waals surface area contributed by atoms with Gasteiger partial charge in [-0.1, -0.05) is 47.4 Å². The van der Waals surface area contributed by atoms with Crippen molar-refractivity contribution in [1.29, 1.82) is 0 Å². The first-order chi connectivity index (χ1) is 17.3. The zero-order valence-electron chi connectivity index (χ0n) is 20.1. The second kappa shape index (κ2) is 13.4. The van der Waals surface area contributed by atoms with Crippen molar-refractivity contribution in [2.75, 3.05) is 25.1 Å². The highest BCUT2D eigenvalue weighted by atomic mass is 35.5. The summed E-state index contributed by atoms with van der Waals surface area (Å²) < 4.78 is 41.9. The van der Waals surface area contributed by atoms with Crippen LogP contribution in [0.2, 0.25) is 5.15 Å². The van der Waals surface area contributed by atoms with Gasteiger partial charge in [-0.05, 0) is 49.7 Å². The quantitative estimate of drug-likeness (QED) is 0.214. The third-order valence-electron chi connectivity index (χ3n) is 4.92. The molecular formula is C24H27ClF2N4O4S. The van der Waals surface area contributed by atoms with E-state index in [1.54, 1.807) is 18.2 Å². The normalized spacial score (nSPS) is 16.2. The smallest absolute Gasteiger partial charge is 0.387 e. The van der Waals surface area contributed by atoms with Crippen molar-refractivity contribution < 1.29 is 27.8 Å². The largest absolute Gasteiger partial charge is 0.469 e. The Hall–Kier alpha value is -2.89. The number of hydrogen-bond donors (Lipinski definition) is 1. The van der Waals surface area contributed by atoms with Crippen LogP contribution in [0.15, 0.2) is 41.6 Å². The number of carbonyl (C=O) groups is 1. The number of hydrogen-bond acceptors (Lipinski definition) is 8. The van der Waals surface area contributed by atoms with Crippen molar-refractivity contribution >= 4 is 39.5 Å². The number of ether oxygens (including phenoxy) is 3. The highest BCUT2D eigenvalue weighted by molar-refractivity contribution is 7.17. The van der Waals surface area contributed by atoms with E-state index in [4.69, 9.17) is 21.1 Å². The minimum atomic E-state index is -3.08. The molecule has 2 aromatic heterocycles. The van der Waals surface area contributed by atoms with E-state index in [0.717, 1.165) is 29.5 Å². The maximum Gasteiger partial charge on any atom is 0.387 e. The van der Waals surface area contributed by atoms with Crippen molar-refractivity contribution in [2.45, 2.75) is 40.2 Å². The molecule has 3 heterocycles. The molecule has 2 aromatic rings. The predicted octanol–water partition coefficient (Wildman–Crippen LogP) is 5.93. The van der Waals surface area contributed by atoms with Gasteiger partial charge in [-0.3, -0.25) is 10.1 Å². The minimum Gasteiger partial charge on any atom is -0.469 e. The number of rotatable bonds is 11. The van der Waals surface area contributed by atoms with Crippen molar-refractivity contribution in [3.05, 3.63) is 52.4 Å². The monoisotopic (exact) mass is 540 g/mol. The molecule has 1 aliphatic rings. The molecule has 194 valence electrons. The van der Waals surface area contributed by atoms with E-state index < -0.39 is 12.5 Å². The molecule has 1 aliphatic heterocycles. The topological polar surface area (TPSA) is 95.5 Å². The third-order valence-corrected chi connectivity index (χ3v) is 5.88. The van der Waals surface area contributed by atoms with E-state index in [0.29, 0.717) is 42.9 Å². The summed E-state index contributed by atoms with van der Waals surface area (Å²) >= 11 is 7.16. The summed E-state index contributed by atoms with van der Waals surface area (Å²) in [5, 5.41) is 11.3. The number of carbonyl (C=O) groups excluding carboxylic acids is 1. The minimum absolute atomic E-state index is 0.0593. The standard InChI is InChI=1S/C24H27ClF2N4O4S/c1-4-5-6-16(17(9-14(2)3)18-10-20(25)28-11-19(18)35-22(26)27)21(32)29-23-30-31-24(36-23)34-13-15-7-8-33-12-15/h5-6,9-11,15,22H,4,7-8,12-13H2,1-3H3,(H,29,30,32)/b6-5+,17-16-/t15-/m1/s1. The Morgan fingerprint density at radius 1 is 1.39 bits per heavy atom. The highest BCUT2D eigenvalue weighted by Crippen LogP contribution is 2.34. The average Bonchev–Trinajstić information content (AvgIpc) is 3.50. The van der Waals surface area contributed by atoms with Gasteiger partial charge in [-0.25, -0.2) is 4.98 Å². The third kappa shape index (κ3) is 8.07. The molecule has 1 atom stereocenters. The summed E-state index contributed by atoms with van der Waals surface area (Å²) in [5.41, 5.74) is 1.54. The van der Waals surface area contributed by atoms with Crippen LogP contribution in [-0.4, -0.2) is 47.5 Å². The zero-order chi connectivity index (χ0) is 26.1. The Morgan fingerprint density at radius 2 is 2.19 bits per heavy atom. The SMILES string of the molecule is CC/C=C/C(C(=O)Nc1nnc(OC[C@@H]2CCOC2)s1)=C(\C=C(C)C)c1cc(Cl)ncc1OC(F)F. The summed E-state index contributed by atoms with van der Waals surface area (Å²) in [6, 6.07) is 1.38. The molecule has 36 heavy (non-hydrogen) atoms. The maximum absolute atomic E-state index is 13.4. The molecule has 0 aliphatic carbocycles. The van der Waals surface area contributed by atoms with Crippen LogP contribution in [-0.2, 0) is 9.53 Å². The number of alkyl halides is 2. The zero-order valence-corrected chi connectivity index (χ0v) is 21.7. The molecule has 1 fully saturated rings. The van der Waals surface area contributed by atoms with Crippen LogP contribution in [0.4, 0.5) is 13.9 Å². The summed E-state index contributed by atoms with van der Waals surface area (Å²) in [6.45, 7) is 4.27. The number of aromatic nitrogens is 3. The molecule has 1 amide bonds. The Bertz CT molecular complexity index is 1140. The van der Waals surface area contributed by atoms with Crippen molar-refractivity contribution in [1.82, 2.24) is 15.2 Å². The lowest BCUT2D eigenvalue weighted by atomic mass is 9.96. The fourth-order valence-corrected chi connectivity index (χ4v) is 4.07. The second-order valence-electron chi connectivity index (χ2n) is 8.11. The van der Waals surface area contributed by atoms with Gasteiger partial charge in [0.15, 0.2) is 5.75 Å². The molecule has 0 bridgehead atoms. The van der Waals surface area contributed by atoms with Gasteiger partial charge < -0.3 is 14.2 Å². The van der Waals surface area contributed by atoms with Crippen LogP contribution in [0, 0.1) is 5.92 Å². The molecule has 1 N–H and O–H groups in total. The van der Waals surface area contributed by atoms with Crippen molar-refractivity contribution in [3.8, 4) is 10.9 Å². The predicted molar refractivity (Wildman–Crippen MR) is 135 cm³/mol. The van der Waals surface area contributed by atoms with Gasteiger partial charge in [-0.15, -0.1) is 5.10 Å². The molecular weight excluding hydrogens is 514 g/mol. The van der Waals surface area contributed by atoms with E-state index in [9.17, 15) is 13.6 Å². The molecule has 8 nitrogen and oxygen atoms in total. The van der Waals surface area contributed by atoms with Crippen molar-refractivity contribution in [2.24, 2.45) is 5.92 Å². The van der Waals surface area contributed by atoms with E-state index in [2.05, 4.69) is 25.2 Å². The number of nitrogens with one attached hydrogen (secondary N) is 1. The summed E-state index contributed by atoms with van der Waals surface area (Å²) in [6.07, 6.45) is 7.75. The number of amides is 1. The second-order valence-corrected chi connectivity index (χ2v) is 9.44. The van der Waals surface area contributed by atoms with Crippen LogP contribution >= 0.6 is 22.9 Å². The summed E-state index contributed by atoms with van der Waals surface area (Å²) in [7, 11) is 0. The molecule has 0 saturated carbocycles. The molecule has 0 spiro atoms. The number of anilines is 1. The van der Waals surface area contributed by atoms with Gasteiger partial charge >= 0.3 is 6.61 Å². The molecule has 1 saturated heterocycles. The lowest BCUT2D eigenvalue weighted by molar-refractivity contribution is -0.112. The average molecular weight is 541 g/mol. The number of halogens is 3. The number of allylic oxidation sites excluding steroid dienone is 4. The van der Waals surface area contributed by atoms with Gasteiger partial charge in [0.2, 0.25) is 5.13 Å². The molecule has 0 aromatic carbocycles. The first-order valence-electron chi connectivity index (χ1n) is 11.3. The highest BCUT2D eigenvalue weighted by Gasteiger charge is 2.21. The number of nitrogens with zero attached hydrogens (tertiary/aromatic N) is 3. The fraction of sp³-hybridized carbons (Fsp3) is 0.417. The first kappa shape index (κ1) is 27.7. The van der Waals surface area contributed by atoms with Crippen LogP contribution in [0.1, 0.15) is 39.2 Å². The lowest BCUT2D eigenvalue weighted by Gasteiger charge is -2.15. The van der Waals surface area contributed by atoms with Gasteiger partial charge in [-0.2, -0.15) is 8.78 Å². The molecule has 0 unspecified atom stereocenters. The van der Waals surface area contributed by atoms with Crippen LogP contribution in [0.5, 0.6) is 10.9 Å². The molecule has 3 rings (SSSR count). The van der Waals surface area contributed by atoms with Crippen LogP contribution in [0.25, 0.3) is 5.57 Å². The summed E-state index contributed by atoms with van der Waals surface area (Å²) in [4.78, 5) is 17.2. The van der Waals surface area contributed by atoms with Gasteiger partial charge in [0.1, 0.15) is 5.15 Å². The first-order valence-corrected chi connectivity index (χ1v) is 12.5. The molecule has 0 radical (unpaired) electrons. The van der Waals surface area contributed by atoms with Crippen LogP contribution < -0.4 is 14.8 Å². The van der Waals surface area contributed by atoms with Crippen molar-refractivity contribution in [3.63, 3.8) is 0 Å². The Balaban J connectivity index is 1.95. The Labute approximate surface area is 217 Å².